The topological polar surface area (TPSA) is 108 Å². The van der Waals surface area contributed by atoms with Crippen molar-refractivity contribution < 1.29 is 24.6 Å². The van der Waals surface area contributed by atoms with Crippen molar-refractivity contribution in [2.75, 3.05) is 5.32 Å². The largest absolute Gasteiger partial charge is 0.506 e. The van der Waals surface area contributed by atoms with Gasteiger partial charge in [0.15, 0.2) is 0 Å². The molecule has 0 heterocycles. The summed E-state index contributed by atoms with van der Waals surface area (Å²) in [6.07, 6.45) is 2.95. The van der Waals surface area contributed by atoms with Crippen molar-refractivity contribution >= 4 is 49.5 Å². The van der Waals surface area contributed by atoms with Crippen LogP contribution in [0.2, 0.25) is 0 Å². The number of anilines is 1. The summed E-state index contributed by atoms with van der Waals surface area (Å²) in [5.41, 5.74) is 3.63. The molecule has 2 aromatic rings. The number of phenolic OH excluding ortho intramolecular Hbond substituents is 1. The number of aryl methyl sites for hydroxylation is 1. The molecule has 2 amide bonds. The number of benzene rings is 2. The predicted molar refractivity (Wildman–Crippen MR) is 120 cm³/mol. The van der Waals surface area contributed by atoms with Crippen LogP contribution in [0.3, 0.4) is 0 Å². The van der Waals surface area contributed by atoms with E-state index in [0.717, 1.165) is 5.56 Å². The second-order valence-electron chi connectivity index (χ2n) is 6.52. The van der Waals surface area contributed by atoms with Crippen LogP contribution >= 0.6 is 31.9 Å². The van der Waals surface area contributed by atoms with E-state index in [1.54, 1.807) is 30.3 Å². The van der Waals surface area contributed by atoms with Crippen LogP contribution in [0.25, 0.3) is 0 Å². The molecule has 0 saturated heterocycles. The minimum absolute atomic E-state index is 0.0125. The van der Waals surface area contributed by atoms with Gasteiger partial charge in [-0.15, -0.1) is 0 Å². The molecule has 9 heteroatoms. The van der Waals surface area contributed by atoms with Gasteiger partial charge in [0.2, 0.25) is 0 Å². The predicted octanol–water partition coefficient (Wildman–Crippen LogP) is 5.75. The van der Waals surface area contributed by atoms with E-state index in [-0.39, 0.29) is 5.75 Å². The van der Waals surface area contributed by atoms with E-state index in [9.17, 15) is 14.7 Å². The van der Waals surface area contributed by atoms with E-state index in [1.165, 1.54) is 11.6 Å². The van der Waals surface area contributed by atoms with Crippen molar-refractivity contribution in [3.8, 4) is 5.75 Å². The van der Waals surface area contributed by atoms with E-state index >= 15 is 0 Å². The number of carbonyl (C=O) groups excluding carboxylic acids is 2. The molecule has 30 heavy (non-hydrogen) atoms. The van der Waals surface area contributed by atoms with Gasteiger partial charge in [-0.2, -0.15) is 0 Å². The summed E-state index contributed by atoms with van der Waals surface area (Å²) in [7, 11) is 0. The number of amides is 2. The molecule has 1 atom stereocenters. The average molecular weight is 542 g/mol. The lowest BCUT2D eigenvalue weighted by Crippen LogP contribution is -2.18. The highest BCUT2D eigenvalue weighted by Crippen LogP contribution is 2.38. The molecule has 0 aliphatic heterocycles. The molecule has 4 N–H and O–H groups in total. The third-order valence-electron chi connectivity index (χ3n) is 4.17. The van der Waals surface area contributed by atoms with Gasteiger partial charge in [0.25, 0.3) is 5.91 Å². The fraction of sp³-hybridized carbons (Fsp3) is 0.238. The van der Waals surface area contributed by atoms with Gasteiger partial charge >= 0.3 is 6.09 Å². The molecule has 160 valence electrons. The minimum Gasteiger partial charge on any atom is -0.506 e. The van der Waals surface area contributed by atoms with Crippen LogP contribution in [-0.4, -0.2) is 22.3 Å². The molecule has 0 aromatic heterocycles. The lowest BCUT2D eigenvalue weighted by atomic mass is 10.0. The highest BCUT2D eigenvalue weighted by atomic mass is 79.9. The first kappa shape index (κ1) is 23.9. The van der Waals surface area contributed by atoms with Crippen molar-refractivity contribution in [2.45, 2.75) is 32.3 Å². The number of hydrogen-bond acceptors (Lipinski definition) is 5. The van der Waals surface area contributed by atoms with Crippen LogP contribution in [-0.2, 0) is 9.53 Å². The first-order chi connectivity index (χ1) is 14.3. The standard InChI is InChI=1S/C21H22Br2N2O5/c1-13-7-9-15(10-8-13)24-21(28)30-18(5-3-2-4-6-19(26)25-29)16-11-14(22)12-17(23)20(16)27/h4,6-12,18,27,29H,2-3,5H2,1H3,(H,24,28)(H,25,26)/b6-4+/t18-/m1/s1. The Morgan fingerprint density at radius 3 is 2.57 bits per heavy atom. The Morgan fingerprint density at radius 1 is 1.20 bits per heavy atom. The molecule has 0 bridgehead atoms. The van der Waals surface area contributed by atoms with Crippen LogP contribution in [0.1, 0.15) is 36.5 Å². The summed E-state index contributed by atoms with van der Waals surface area (Å²) >= 11 is 6.68. The molecule has 2 rings (SSSR count). The molecular formula is C21H22Br2N2O5. The number of halogens is 2. The Kier molecular flexibility index (Phi) is 9.35. The monoisotopic (exact) mass is 540 g/mol. The molecule has 0 unspecified atom stereocenters. The van der Waals surface area contributed by atoms with Gasteiger partial charge in [0.05, 0.1) is 4.47 Å². The molecule has 0 spiro atoms. The van der Waals surface area contributed by atoms with Crippen molar-refractivity contribution in [3.05, 3.63) is 68.6 Å². The lowest BCUT2D eigenvalue weighted by molar-refractivity contribution is -0.124. The van der Waals surface area contributed by atoms with Crippen molar-refractivity contribution in [1.29, 1.82) is 0 Å². The van der Waals surface area contributed by atoms with Gasteiger partial charge in [0.1, 0.15) is 11.9 Å². The van der Waals surface area contributed by atoms with Crippen LogP contribution in [0, 0.1) is 6.92 Å². The molecule has 0 radical (unpaired) electrons. The lowest BCUT2D eigenvalue weighted by Gasteiger charge is -2.20. The van der Waals surface area contributed by atoms with Gasteiger partial charge in [0, 0.05) is 21.8 Å². The smallest absolute Gasteiger partial charge is 0.412 e. The molecule has 0 aliphatic carbocycles. The maximum atomic E-state index is 12.4. The first-order valence-corrected chi connectivity index (χ1v) is 10.7. The summed E-state index contributed by atoms with van der Waals surface area (Å²) in [6, 6.07) is 10.7. The van der Waals surface area contributed by atoms with Crippen LogP contribution in [0.5, 0.6) is 5.75 Å². The highest BCUT2D eigenvalue weighted by molar-refractivity contribution is 9.11. The number of allylic oxidation sites excluding steroid dienone is 1. The molecule has 0 fully saturated rings. The summed E-state index contributed by atoms with van der Waals surface area (Å²) in [6.45, 7) is 1.95. The summed E-state index contributed by atoms with van der Waals surface area (Å²) in [4.78, 5) is 23.5. The number of phenols is 1. The van der Waals surface area contributed by atoms with Crippen LogP contribution < -0.4 is 10.8 Å². The zero-order valence-corrected chi connectivity index (χ0v) is 19.4. The van der Waals surface area contributed by atoms with Crippen molar-refractivity contribution in [3.63, 3.8) is 0 Å². The SMILES string of the molecule is Cc1ccc(NC(=O)O[C@H](CCC/C=C/C(=O)NO)c2cc(Br)cc(Br)c2O)cc1. The number of rotatable bonds is 8. The normalized spacial score (nSPS) is 11.9. The first-order valence-electron chi connectivity index (χ1n) is 9.13. The number of hydroxylamine groups is 1. The fourth-order valence-corrected chi connectivity index (χ4v) is 3.93. The number of ether oxygens (including phenoxy) is 1. The molecule has 0 saturated carbocycles. The minimum atomic E-state index is -0.718. The Bertz CT molecular complexity index is 916. The van der Waals surface area contributed by atoms with E-state index in [0.29, 0.717) is 39.5 Å². The maximum Gasteiger partial charge on any atom is 0.412 e. The molecular weight excluding hydrogens is 520 g/mol. The Balaban J connectivity index is 2.12. The Morgan fingerprint density at radius 2 is 1.90 bits per heavy atom. The van der Waals surface area contributed by atoms with Gasteiger partial charge < -0.3 is 9.84 Å². The number of carbonyl (C=O) groups is 2. The van der Waals surface area contributed by atoms with Crippen LogP contribution in [0.4, 0.5) is 10.5 Å². The maximum absolute atomic E-state index is 12.4. The van der Waals surface area contributed by atoms with Crippen molar-refractivity contribution in [1.82, 2.24) is 5.48 Å². The number of unbranched alkanes of at least 4 members (excludes halogenated alkanes) is 1. The zero-order valence-electron chi connectivity index (χ0n) is 16.2. The van der Waals surface area contributed by atoms with E-state index < -0.39 is 18.1 Å². The average Bonchev–Trinajstić information content (AvgIpc) is 2.71. The number of aromatic hydroxyl groups is 1. The quantitative estimate of drug-likeness (QED) is 0.147. The van der Waals surface area contributed by atoms with Gasteiger partial charge in [-0.25, -0.2) is 10.3 Å². The van der Waals surface area contributed by atoms with E-state index in [1.807, 2.05) is 19.1 Å². The van der Waals surface area contributed by atoms with E-state index in [2.05, 4.69) is 37.2 Å². The van der Waals surface area contributed by atoms with Gasteiger partial charge in [-0.1, -0.05) is 39.7 Å². The third-order valence-corrected chi connectivity index (χ3v) is 5.23. The summed E-state index contributed by atoms with van der Waals surface area (Å²) in [5.74, 6) is -0.629. The second-order valence-corrected chi connectivity index (χ2v) is 8.29. The van der Waals surface area contributed by atoms with Crippen molar-refractivity contribution in [2.24, 2.45) is 0 Å². The highest BCUT2D eigenvalue weighted by Gasteiger charge is 2.22. The molecule has 2 aromatic carbocycles. The molecule has 7 nitrogen and oxygen atoms in total. The zero-order chi connectivity index (χ0) is 22.1. The second kappa shape index (κ2) is 11.7. The summed E-state index contributed by atoms with van der Waals surface area (Å²) in [5, 5.41) is 21.6. The number of hydrogen-bond donors (Lipinski definition) is 4. The summed E-state index contributed by atoms with van der Waals surface area (Å²) < 4.78 is 6.80. The fourth-order valence-electron chi connectivity index (χ4n) is 2.67. The van der Waals surface area contributed by atoms with Gasteiger partial charge in [-0.05, 0) is 66.4 Å². The third kappa shape index (κ3) is 7.47. The van der Waals surface area contributed by atoms with E-state index in [4.69, 9.17) is 9.94 Å². The molecule has 0 aliphatic rings. The Hall–Kier alpha value is -2.36. The Labute approximate surface area is 191 Å². The van der Waals surface area contributed by atoms with Crippen LogP contribution in [0.15, 0.2) is 57.5 Å². The van der Waals surface area contributed by atoms with Gasteiger partial charge in [-0.3, -0.25) is 15.3 Å². The number of nitrogens with one attached hydrogen (secondary N) is 2.